The van der Waals surface area contributed by atoms with Crippen LogP contribution in [-0.4, -0.2) is 54.7 Å². The van der Waals surface area contributed by atoms with Crippen molar-refractivity contribution in [3.8, 4) is 0 Å². The SMILES string of the molecule is C.Nc1nc2c(ncn2C2OC(CO)C(O)C2[18F])c(=O)[nH]1. The highest BCUT2D eigenvalue weighted by molar-refractivity contribution is 5.70. The van der Waals surface area contributed by atoms with E-state index in [9.17, 15) is 14.3 Å². The molecule has 5 N–H and O–H groups in total. The molecule has 9 nitrogen and oxygen atoms in total. The van der Waals surface area contributed by atoms with Crippen LogP contribution < -0.4 is 11.3 Å². The van der Waals surface area contributed by atoms with E-state index in [2.05, 4.69) is 15.0 Å². The monoisotopic (exact) mass is 300 g/mol. The highest BCUT2D eigenvalue weighted by Gasteiger charge is 2.45. The summed E-state index contributed by atoms with van der Waals surface area (Å²) in [5.41, 5.74) is 4.91. The van der Waals surface area contributed by atoms with Crippen molar-refractivity contribution >= 4 is 17.1 Å². The topological polar surface area (TPSA) is 139 Å². The second-order valence-corrected chi connectivity index (χ2v) is 4.46. The third kappa shape index (κ3) is 2.26. The van der Waals surface area contributed by atoms with Gasteiger partial charge >= 0.3 is 0 Å². The van der Waals surface area contributed by atoms with E-state index in [0.29, 0.717) is 0 Å². The molecule has 1 fully saturated rings. The molecule has 0 bridgehead atoms. The number of aliphatic hydroxyl groups is 2. The summed E-state index contributed by atoms with van der Waals surface area (Å²) in [6.07, 6.45) is -4.36. The highest BCUT2D eigenvalue weighted by Crippen LogP contribution is 2.32. The zero-order valence-electron chi connectivity index (χ0n) is 10.1. The van der Waals surface area contributed by atoms with Crippen LogP contribution in [0, 0.1) is 0 Å². The second-order valence-electron chi connectivity index (χ2n) is 4.46. The van der Waals surface area contributed by atoms with E-state index < -0.39 is 36.8 Å². The summed E-state index contributed by atoms with van der Waals surface area (Å²) in [7, 11) is 0. The van der Waals surface area contributed by atoms with E-state index in [-0.39, 0.29) is 24.5 Å². The van der Waals surface area contributed by atoms with Gasteiger partial charge in [-0.2, -0.15) is 4.98 Å². The normalized spacial score (nSPS) is 28.7. The Kier molecular flexibility index (Phi) is 3.94. The summed E-state index contributed by atoms with van der Waals surface area (Å²) in [5, 5.41) is 18.6. The molecule has 3 heterocycles. The molecule has 2 aromatic heterocycles. The van der Waals surface area contributed by atoms with E-state index in [4.69, 9.17) is 15.6 Å². The van der Waals surface area contributed by atoms with Crippen molar-refractivity contribution < 1.29 is 19.3 Å². The molecule has 0 aromatic carbocycles. The minimum Gasteiger partial charge on any atom is -0.394 e. The third-order valence-corrected chi connectivity index (χ3v) is 3.20. The number of rotatable bonds is 2. The van der Waals surface area contributed by atoms with Gasteiger partial charge in [-0.1, -0.05) is 7.43 Å². The quantitative estimate of drug-likeness (QED) is 0.553. The number of aromatic amines is 1. The van der Waals surface area contributed by atoms with Gasteiger partial charge in [0.1, 0.15) is 12.2 Å². The number of aromatic nitrogens is 4. The van der Waals surface area contributed by atoms with Gasteiger partial charge in [-0.15, -0.1) is 0 Å². The Balaban J connectivity index is 0.00000161. The average Bonchev–Trinajstić information content (AvgIpc) is 2.93. The van der Waals surface area contributed by atoms with Gasteiger partial charge in [0.25, 0.3) is 5.56 Å². The number of fused-ring (bicyclic) bond motifs is 1. The average molecular weight is 300 g/mol. The molecule has 4 atom stereocenters. The first kappa shape index (κ1) is 15.4. The number of hydrogen-bond donors (Lipinski definition) is 4. The number of halogens is 1. The fraction of sp³-hybridized carbons (Fsp3) is 0.545. The molecule has 0 radical (unpaired) electrons. The van der Waals surface area contributed by atoms with Gasteiger partial charge in [-0.25, -0.2) is 9.37 Å². The molecule has 0 aliphatic carbocycles. The van der Waals surface area contributed by atoms with Crippen LogP contribution in [0.15, 0.2) is 11.1 Å². The van der Waals surface area contributed by atoms with E-state index in [1.807, 2.05) is 0 Å². The fourth-order valence-corrected chi connectivity index (χ4v) is 2.21. The van der Waals surface area contributed by atoms with Gasteiger partial charge in [0, 0.05) is 0 Å². The lowest BCUT2D eigenvalue weighted by Crippen LogP contribution is -2.30. The molecule has 1 aliphatic heterocycles. The predicted octanol–water partition coefficient (Wildman–Crippen LogP) is -1.07. The molecule has 1 saturated heterocycles. The first-order chi connectivity index (χ1) is 9.52. The summed E-state index contributed by atoms with van der Waals surface area (Å²) in [4.78, 5) is 21.6. The summed E-state index contributed by atoms with van der Waals surface area (Å²) < 4.78 is 20.4. The lowest BCUT2D eigenvalue weighted by Gasteiger charge is -2.14. The summed E-state index contributed by atoms with van der Waals surface area (Å²) in [5.74, 6) is -0.142. The molecule has 3 rings (SSSR count). The maximum absolute atomic E-state index is 14.0. The molecule has 0 amide bonds. The van der Waals surface area contributed by atoms with Gasteiger partial charge in [0.2, 0.25) is 5.95 Å². The summed E-state index contributed by atoms with van der Waals surface area (Å²) >= 11 is 0. The Hall–Kier alpha value is -2.04. The van der Waals surface area contributed by atoms with Crippen molar-refractivity contribution in [1.29, 1.82) is 0 Å². The first-order valence-corrected chi connectivity index (χ1v) is 5.83. The van der Waals surface area contributed by atoms with Gasteiger partial charge in [0.05, 0.1) is 12.9 Å². The maximum Gasteiger partial charge on any atom is 0.280 e. The lowest BCUT2D eigenvalue weighted by atomic mass is 10.1. The molecule has 21 heavy (non-hydrogen) atoms. The number of ether oxygens (including phenoxy) is 1. The van der Waals surface area contributed by atoms with Crippen LogP contribution in [0.1, 0.15) is 13.7 Å². The smallest absolute Gasteiger partial charge is 0.280 e. The largest absolute Gasteiger partial charge is 0.394 e. The molecule has 0 spiro atoms. The number of nitrogens with two attached hydrogens (primary N) is 1. The van der Waals surface area contributed by atoms with Gasteiger partial charge in [0.15, 0.2) is 23.6 Å². The van der Waals surface area contributed by atoms with Crippen molar-refractivity contribution in [3.05, 3.63) is 16.7 Å². The number of hydrogen-bond acceptors (Lipinski definition) is 7. The van der Waals surface area contributed by atoms with E-state index in [1.54, 1.807) is 0 Å². The number of imidazole rings is 1. The minimum atomic E-state index is -1.79. The first-order valence-electron chi connectivity index (χ1n) is 5.83. The third-order valence-electron chi connectivity index (χ3n) is 3.20. The van der Waals surface area contributed by atoms with Gasteiger partial charge < -0.3 is 20.7 Å². The molecule has 10 heteroatoms. The number of anilines is 1. The Morgan fingerprint density at radius 2 is 2.29 bits per heavy atom. The second kappa shape index (κ2) is 5.39. The van der Waals surface area contributed by atoms with Crippen molar-refractivity contribution in [2.75, 3.05) is 12.3 Å². The van der Waals surface area contributed by atoms with E-state index >= 15 is 0 Å². The number of nitrogen functional groups attached to an aromatic ring is 1. The van der Waals surface area contributed by atoms with Crippen molar-refractivity contribution in [2.24, 2.45) is 0 Å². The molecule has 1 aliphatic rings. The van der Waals surface area contributed by atoms with E-state index in [0.717, 1.165) is 0 Å². The molecule has 116 valence electrons. The molecule has 4 unspecified atom stereocenters. The molecular weight excluding hydrogens is 284 g/mol. The standard InChI is InChI=1S/C10H12FN5O4.CH4/c11-4-6(18)3(1-17)20-9(4)16-2-13-5-7(16)14-10(12)15-8(5)19;/h2-4,6,9,17-18H,1H2,(H3,12,14,15,19);1H4/i11-1;. The fourth-order valence-electron chi connectivity index (χ4n) is 2.21. The molecule has 2 aromatic rings. The van der Waals surface area contributed by atoms with Crippen LogP contribution in [0.5, 0.6) is 0 Å². The zero-order chi connectivity index (χ0) is 14.4. The number of nitrogens with zero attached hydrogens (tertiary/aromatic N) is 3. The van der Waals surface area contributed by atoms with Gasteiger partial charge in [-0.3, -0.25) is 14.3 Å². The van der Waals surface area contributed by atoms with Crippen LogP contribution in [0.4, 0.5) is 10.3 Å². The lowest BCUT2D eigenvalue weighted by molar-refractivity contribution is -0.0459. The van der Waals surface area contributed by atoms with Gasteiger partial charge in [-0.05, 0) is 0 Å². The van der Waals surface area contributed by atoms with Crippen LogP contribution in [0.25, 0.3) is 11.2 Å². The minimum absolute atomic E-state index is 0. The number of nitrogens with one attached hydrogen (secondary N) is 1. The predicted molar refractivity (Wildman–Crippen MR) is 71.2 cm³/mol. The highest BCUT2D eigenvalue weighted by atomic mass is 18.2. The number of H-pyrrole nitrogens is 1. The Morgan fingerprint density at radius 1 is 1.57 bits per heavy atom. The van der Waals surface area contributed by atoms with Crippen LogP contribution >= 0.6 is 0 Å². The Morgan fingerprint density at radius 3 is 2.90 bits per heavy atom. The van der Waals surface area contributed by atoms with Crippen molar-refractivity contribution in [1.82, 2.24) is 19.5 Å². The van der Waals surface area contributed by atoms with Crippen LogP contribution in [0.2, 0.25) is 0 Å². The summed E-state index contributed by atoms with van der Waals surface area (Å²) in [6, 6.07) is 0. The van der Waals surface area contributed by atoms with E-state index in [1.165, 1.54) is 10.9 Å². The Labute approximate surface area is 118 Å². The molecule has 0 saturated carbocycles. The van der Waals surface area contributed by atoms with Crippen molar-refractivity contribution in [2.45, 2.75) is 32.0 Å². The zero-order valence-corrected chi connectivity index (χ0v) is 10.1. The van der Waals surface area contributed by atoms with Crippen LogP contribution in [-0.2, 0) is 4.74 Å². The Bertz CT molecular complexity index is 701. The number of alkyl halides is 1. The summed E-state index contributed by atoms with van der Waals surface area (Å²) in [6.45, 7) is -0.527. The number of aliphatic hydroxyl groups excluding tert-OH is 2. The van der Waals surface area contributed by atoms with Crippen LogP contribution in [0.3, 0.4) is 0 Å². The molecular formula is C11H16FN5O4. The maximum atomic E-state index is 14.0. The van der Waals surface area contributed by atoms with Crippen molar-refractivity contribution in [3.63, 3.8) is 0 Å².